The Balaban J connectivity index is 1.59. The highest BCUT2D eigenvalue weighted by molar-refractivity contribution is 5.86. The molecule has 1 aromatic carbocycles. The molecule has 1 aromatic rings. The fourth-order valence-electron chi connectivity index (χ4n) is 8.88. The van der Waals surface area contributed by atoms with Crippen molar-refractivity contribution in [3.05, 3.63) is 23.8 Å². The van der Waals surface area contributed by atoms with Crippen molar-refractivity contribution >= 4 is 11.9 Å². The lowest BCUT2D eigenvalue weighted by atomic mass is 9.44. The summed E-state index contributed by atoms with van der Waals surface area (Å²) in [5, 5.41) is 14.2. The zero-order chi connectivity index (χ0) is 23.6. The first-order valence-electron chi connectivity index (χ1n) is 12.5. The molecule has 3 aliphatic carbocycles. The summed E-state index contributed by atoms with van der Waals surface area (Å²) in [5.41, 5.74) is -0.618. The van der Waals surface area contributed by atoms with Crippen molar-refractivity contribution in [1.29, 1.82) is 0 Å². The van der Waals surface area contributed by atoms with Crippen LogP contribution in [0.5, 0.6) is 11.5 Å². The summed E-state index contributed by atoms with van der Waals surface area (Å²) in [5.74, 6) is 1.97. The fourth-order valence-corrected chi connectivity index (χ4v) is 8.88. The molecule has 0 radical (unpaired) electrons. The first kappa shape index (κ1) is 22.5. The topological polar surface area (TPSA) is 84.9 Å². The summed E-state index contributed by atoms with van der Waals surface area (Å²) >= 11 is 0. The Morgan fingerprint density at radius 1 is 1.00 bits per heavy atom. The summed E-state index contributed by atoms with van der Waals surface area (Å²) in [6, 6.07) is 5.84. The van der Waals surface area contributed by atoms with Gasteiger partial charge in [0.05, 0.1) is 19.8 Å². The molecule has 6 heteroatoms. The van der Waals surface area contributed by atoms with Crippen molar-refractivity contribution in [2.24, 2.45) is 28.6 Å². The normalized spacial score (nSPS) is 41.9. The van der Waals surface area contributed by atoms with Crippen LogP contribution in [0.2, 0.25) is 0 Å². The van der Waals surface area contributed by atoms with Gasteiger partial charge >= 0.3 is 5.97 Å². The van der Waals surface area contributed by atoms with E-state index in [-0.39, 0.29) is 22.8 Å². The van der Waals surface area contributed by atoms with Crippen molar-refractivity contribution < 1.29 is 24.2 Å². The quantitative estimate of drug-likeness (QED) is 0.696. The van der Waals surface area contributed by atoms with Crippen LogP contribution in [-0.2, 0) is 15.0 Å². The third kappa shape index (κ3) is 2.85. The van der Waals surface area contributed by atoms with E-state index >= 15 is 0 Å². The molecule has 2 N–H and O–H groups in total. The van der Waals surface area contributed by atoms with E-state index in [1.54, 1.807) is 14.2 Å². The van der Waals surface area contributed by atoms with E-state index in [1.807, 2.05) is 18.2 Å². The molecule has 1 aliphatic heterocycles. The second-order valence-corrected chi connectivity index (χ2v) is 11.3. The molecule has 5 rings (SSSR count). The number of carboxylic acids is 1. The van der Waals surface area contributed by atoms with E-state index < -0.39 is 11.4 Å². The molecule has 1 saturated heterocycles. The molecule has 33 heavy (non-hydrogen) atoms. The predicted molar refractivity (Wildman–Crippen MR) is 124 cm³/mol. The van der Waals surface area contributed by atoms with Gasteiger partial charge in [0.25, 0.3) is 0 Å². The predicted octanol–water partition coefficient (Wildman–Crippen LogP) is 4.55. The molecular weight excluding hydrogens is 418 g/mol. The Labute approximate surface area is 196 Å². The molecule has 180 valence electrons. The lowest BCUT2D eigenvalue weighted by Crippen LogP contribution is -2.62. The van der Waals surface area contributed by atoms with E-state index in [9.17, 15) is 14.7 Å². The standard InChI is InChI=1S/C27H37NO5/c1-25-13-12-22(29)28-21(25)9-8-16-17(25)10-14-26(2)18(16)11-15-27(26,24(30)31)23-19(32-3)6-5-7-20(23)33-4/h5-7,16-18,21H,8-15H2,1-4H3,(H,28,29)(H,30,31)/t16-,17-,18+,21?,25-,26+,27?/m1/s1. The van der Waals surface area contributed by atoms with E-state index in [0.29, 0.717) is 47.7 Å². The Bertz CT molecular complexity index is 955. The number of hydrogen-bond donors (Lipinski definition) is 2. The van der Waals surface area contributed by atoms with Gasteiger partial charge in [-0.3, -0.25) is 9.59 Å². The number of ether oxygens (including phenoxy) is 2. The van der Waals surface area contributed by atoms with Crippen molar-refractivity contribution in [3.63, 3.8) is 0 Å². The molecule has 0 spiro atoms. The number of fused-ring (bicyclic) bond motifs is 5. The fraction of sp³-hybridized carbons (Fsp3) is 0.704. The second kappa shape index (κ2) is 7.64. The van der Waals surface area contributed by atoms with Crippen LogP contribution in [0.15, 0.2) is 18.2 Å². The molecule has 6 nitrogen and oxygen atoms in total. The van der Waals surface area contributed by atoms with Gasteiger partial charge in [-0.1, -0.05) is 19.9 Å². The smallest absolute Gasteiger partial charge is 0.314 e. The maximum atomic E-state index is 13.2. The average molecular weight is 456 g/mol. The third-order valence-electron chi connectivity index (χ3n) is 10.5. The van der Waals surface area contributed by atoms with E-state index in [0.717, 1.165) is 38.5 Å². The number of benzene rings is 1. The number of amides is 1. The Hall–Kier alpha value is -2.24. The van der Waals surface area contributed by atoms with Gasteiger partial charge in [0.15, 0.2) is 0 Å². The minimum absolute atomic E-state index is 0.106. The first-order valence-corrected chi connectivity index (χ1v) is 12.5. The second-order valence-electron chi connectivity index (χ2n) is 11.3. The van der Waals surface area contributed by atoms with Crippen molar-refractivity contribution in [3.8, 4) is 11.5 Å². The van der Waals surface area contributed by atoms with E-state index in [4.69, 9.17) is 9.47 Å². The van der Waals surface area contributed by atoms with Crippen molar-refractivity contribution in [1.82, 2.24) is 5.32 Å². The highest BCUT2D eigenvalue weighted by Crippen LogP contribution is 2.70. The van der Waals surface area contributed by atoms with Gasteiger partial charge in [0.2, 0.25) is 5.91 Å². The van der Waals surface area contributed by atoms with Crippen LogP contribution in [0, 0.1) is 28.6 Å². The molecular formula is C27H37NO5. The van der Waals surface area contributed by atoms with E-state index in [2.05, 4.69) is 19.2 Å². The highest BCUT2D eigenvalue weighted by Gasteiger charge is 2.69. The monoisotopic (exact) mass is 455 g/mol. The van der Waals surface area contributed by atoms with Gasteiger partial charge in [-0.2, -0.15) is 0 Å². The Morgan fingerprint density at radius 2 is 1.67 bits per heavy atom. The highest BCUT2D eigenvalue weighted by atomic mass is 16.5. The lowest BCUT2D eigenvalue weighted by molar-refractivity contribution is -0.157. The number of aliphatic carboxylic acids is 1. The zero-order valence-electron chi connectivity index (χ0n) is 20.3. The minimum Gasteiger partial charge on any atom is -0.496 e. The summed E-state index contributed by atoms with van der Waals surface area (Å²) in [6.45, 7) is 4.59. The van der Waals surface area contributed by atoms with Crippen LogP contribution < -0.4 is 14.8 Å². The van der Waals surface area contributed by atoms with Crippen LogP contribution in [0.3, 0.4) is 0 Å². The molecule has 4 fully saturated rings. The molecule has 7 atom stereocenters. The molecule has 0 aromatic heterocycles. The van der Waals surface area contributed by atoms with Crippen LogP contribution in [0.1, 0.15) is 70.8 Å². The molecule has 2 unspecified atom stereocenters. The molecule has 4 aliphatic rings. The number of methoxy groups -OCH3 is 2. The number of rotatable bonds is 4. The summed E-state index contributed by atoms with van der Waals surface area (Å²) in [4.78, 5) is 25.3. The summed E-state index contributed by atoms with van der Waals surface area (Å²) in [7, 11) is 3.22. The average Bonchev–Trinajstić information content (AvgIpc) is 3.12. The van der Waals surface area contributed by atoms with Crippen LogP contribution in [0.25, 0.3) is 0 Å². The molecule has 0 bridgehead atoms. The van der Waals surface area contributed by atoms with Crippen molar-refractivity contribution in [2.75, 3.05) is 14.2 Å². The third-order valence-corrected chi connectivity index (χ3v) is 10.5. The Kier molecular flexibility index (Phi) is 5.22. The number of carboxylic acid groups (broad SMARTS) is 1. The summed E-state index contributed by atoms with van der Waals surface area (Å²) < 4.78 is 11.4. The minimum atomic E-state index is -1.04. The number of hydrogen-bond acceptors (Lipinski definition) is 4. The lowest BCUT2D eigenvalue weighted by Gasteiger charge is -2.61. The van der Waals surface area contributed by atoms with Gasteiger partial charge in [-0.15, -0.1) is 0 Å². The van der Waals surface area contributed by atoms with Crippen molar-refractivity contribution in [2.45, 2.75) is 76.7 Å². The molecule has 1 amide bonds. The van der Waals surface area contributed by atoms with Crippen LogP contribution in [-0.4, -0.2) is 37.2 Å². The summed E-state index contributed by atoms with van der Waals surface area (Å²) in [6.07, 6.45) is 6.97. The largest absolute Gasteiger partial charge is 0.496 e. The van der Waals surface area contributed by atoms with Crippen LogP contribution in [0.4, 0.5) is 0 Å². The molecule has 3 saturated carbocycles. The number of piperidine rings is 1. The number of carbonyl (C=O) groups excluding carboxylic acids is 1. The number of nitrogens with one attached hydrogen (secondary N) is 1. The maximum absolute atomic E-state index is 13.2. The zero-order valence-corrected chi connectivity index (χ0v) is 20.3. The SMILES string of the molecule is COc1cccc(OC)c1C1(C(=O)O)CC[C@H]2[C@@H]3CCC4NC(=O)CC[C@]4(C)[C@@H]3CC[C@@]21C. The Morgan fingerprint density at radius 3 is 2.30 bits per heavy atom. The van der Waals surface area contributed by atoms with Gasteiger partial charge < -0.3 is 19.9 Å². The van der Waals surface area contributed by atoms with Gasteiger partial charge in [-0.05, 0) is 85.7 Å². The van der Waals surface area contributed by atoms with Gasteiger partial charge in [0, 0.05) is 12.5 Å². The molecule has 1 heterocycles. The number of carbonyl (C=O) groups is 2. The van der Waals surface area contributed by atoms with Crippen LogP contribution >= 0.6 is 0 Å². The van der Waals surface area contributed by atoms with Gasteiger partial charge in [0.1, 0.15) is 16.9 Å². The van der Waals surface area contributed by atoms with Gasteiger partial charge in [-0.25, -0.2) is 0 Å². The van der Waals surface area contributed by atoms with E-state index in [1.165, 1.54) is 0 Å². The first-order chi connectivity index (χ1) is 15.7. The maximum Gasteiger partial charge on any atom is 0.314 e.